The van der Waals surface area contributed by atoms with Crippen LogP contribution < -0.4 is 11.1 Å². The van der Waals surface area contributed by atoms with Gasteiger partial charge in [0, 0.05) is 44.7 Å². The Morgan fingerprint density at radius 3 is 2.61 bits per heavy atom. The van der Waals surface area contributed by atoms with Crippen molar-refractivity contribution < 1.29 is 9.90 Å². The number of nitrogens with zero attached hydrogens (tertiary/aromatic N) is 1. The van der Waals surface area contributed by atoms with Crippen molar-refractivity contribution in [3.63, 3.8) is 0 Å². The van der Waals surface area contributed by atoms with E-state index in [9.17, 15) is 4.79 Å². The minimum Gasteiger partial charge on any atom is -0.396 e. The molecular weight excluding hydrogens is 230 g/mol. The third-order valence-electron chi connectivity index (χ3n) is 3.50. The molecule has 18 heavy (non-hydrogen) atoms. The van der Waals surface area contributed by atoms with Gasteiger partial charge in [-0.05, 0) is 32.6 Å². The second kappa shape index (κ2) is 8.45. The molecule has 4 N–H and O–H groups in total. The van der Waals surface area contributed by atoms with Crippen LogP contribution >= 0.6 is 0 Å². The smallest absolute Gasteiger partial charge is 0.224 e. The average molecular weight is 257 g/mol. The van der Waals surface area contributed by atoms with Gasteiger partial charge < -0.3 is 21.1 Å². The first-order valence-corrected chi connectivity index (χ1v) is 7.02. The lowest BCUT2D eigenvalue weighted by Crippen LogP contribution is -2.46. The zero-order valence-electron chi connectivity index (χ0n) is 11.4. The van der Waals surface area contributed by atoms with E-state index in [1.165, 1.54) is 6.42 Å². The molecule has 1 amide bonds. The van der Waals surface area contributed by atoms with E-state index in [-0.39, 0.29) is 24.6 Å². The van der Waals surface area contributed by atoms with Gasteiger partial charge in [-0.1, -0.05) is 0 Å². The standard InChI is InChI=1S/C13H27N3O2/c1-11(5-8-17)15-12(10-14)9-13(18)16-6-3-2-4-7-16/h11-12,15,17H,2-10,14H2,1H3. The molecule has 0 aromatic carbocycles. The summed E-state index contributed by atoms with van der Waals surface area (Å²) < 4.78 is 0. The zero-order chi connectivity index (χ0) is 13.4. The van der Waals surface area contributed by atoms with E-state index in [1.807, 2.05) is 11.8 Å². The van der Waals surface area contributed by atoms with Crippen molar-refractivity contribution in [2.45, 2.75) is 51.1 Å². The van der Waals surface area contributed by atoms with Gasteiger partial charge in [0.05, 0.1) is 0 Å². The van der Waals surface area contributed by atoms with Gasteiger partial charge in [0.1, 0.15) is 0 Å². The van der Waals surface area contributed by atoms with Crippen molar-refractivity contribution >= 4 is 5.91 Å². The van der Waals surface area contributed by atoms with Gasteiger partial charge >= 0.3 is 0 Å². The van der Waals surface area contributed by atoms with Crippen LogP contribution in [-0.2, 0) is 4.79 Å². The maximum absolute atomic E-state index is 12.1. The molecule has 0 saturated carbocycles. The third-order valence-corrected chi connectivity index (χ3v) is 3.50. The predicted molar refractivity (Wildman–Crippen MR) is 72.2 cm³/mol. The highest BCUT2D eigenvalue weighted by molar-refractivity contribution is 5.76. The van der Waals surface area contributed by atoms with Crippen LogP contribution in [-0.4, -0.2) is 54.2 Å². The molecule has 5 nitrogen and oxygen atoms in total. The molecular formula is C13H27N3O2. The largest absolute Gasteiger partial charge is 0.396 e. The van der Waals surface area contributed by atoms with E-state index in [0.29, 0.717) is 19.4 Å². The van der Waals surface area contributed by atoms with Crippen molar-refractivity contribution in [2.75, 3.05) is 26.2 Å². The third kappa shape index (κ3) is 5.33. The van der Waals surface area contributed by atoms with E-state index in [4.69, 9.17) is 10.8 Å². The molecule has 5 heteroatoms. The van der Waals surface area contributed by atoms with E-state index in [0.717, 1.165) is 25.9 Å². The Balaban J connectivity index is 2.34. The quantitative estimate of drug-likeness (QED) is 0.603. The van der Waals surface area contributed by atoms with Crippen LogP contribution in [0.15, 0.2) is 0 Å². The minimum atomic E-state index is 0.0148. The maximum Gasteiger partial charge on any atom is 0.224 e. The van der Waals surface area contributed by atoms with Crippen LogP contribution in [0, 0.1) is 0 Å². The summed E-state index contributed by atoms with van der Waals surface area (Å²) in [6.07, 6.45) is 4.62. The summed E-state index contributed by atoms with van der Waals surface area (Å²) in [6.45, 7) is 4.40. The van der Waals surface area contributed by atoms with Crippen LogP contribution in [0.5, 0.6) is 0 Å². The number of aliphatic hydroxyl groups is 1. The lowest BCUT2D eigenvalue weighted by atomic mass is 10.1. The molecule has 0 aromatic heterocycles. The Morgan fingerprint density at radius 1 is 1.39 bits per heavy atom. The van der Waals surface area contributed by atoms with Gasteiger partial charge in [-0.25, -0.2) is 0 Å². The number of nitrogens with one attached hydrogen (secondary N) is 1. The number of carbonyl (C=O) groups excluding carboxylic acids is 1. The summed E-state index contributed by atoms with van der Waals surface area (Å²) in [5, 5.41) is 12.2. The van der Waals surface area contributed by atoms with Gasteiger partial charge in [0.25, 0.3) is 0 Å². The SMILES string of the molecule is CC(CCO)NC(CN)CC(=O)N1CCCCC1. The first kappa shape index (κ1) is 15.4. The van der Waals surface area contributed by atoms with E-state index >= 15 is 0 Å². The number of likely N-dealkylation sites (tertiary alicyclic amines) is 1. The Labute approximate surface area is 110 Å². The molecule has 0 bridgehead atoms. The molecule has 106 valence electrons. The molecule has 0 aliphatic carbocycles. The molecule has 1 fully saturated rings. The van der Waals surface area contributed by atoms with Crippen molar-refractivity contribution in [1.29, 1.82) is 0 Å². The zero-order valence-corrected chi connectivity index (χ0v) is 11.4. The van der Waals surface area contributed by atoms with Crippen LogP contribution in [0.3, 0.4) is 0 Å². The first-order valence-electron chi connectivity index (χ1n) is 7.02. The van der Waals surface area contributed by atoms with Crippen molar-refractivity contribution in [1.82, 2.24) is 10.2 Å². The summed E-state index contributed by atoms with van der Waals surface area (Å²) in [7, 11) is 0. The normalized spacial score (nSPS) is 19.6. The van der Waals surface area contributed by atoms with E-state index in [1.54, 1.807) is 0 Å². The summed E-state index contributed by atoms with van der Waals surface area (Å²) in [4.78, 5) is 14.0. The molecule has 1 aliphatic heterocycles. The van der Waals surface area contributed by atoms with Crippen LogP contribution in [0.2, 0.25) is 0 Å². The highest BCUT2D eigenvalue weighted by Gasteiger charge is 2.20. The van der Waals surface area contributed by atoms with Crippen LogP contribution in [0.25, 0.3) is 0 Å². The summed E-state index contributed by atoms with van der Waals surface area (Å²) in [5.74, 6) is 0.203. The van der Waals surface area contributed by atoms with Crippen LogP contribution in [0.4, 0.5) is 0 Å². The fraction of sp³-hybridized carbons (Fsp3) is 0.923. The van der Waals surface area contributed by atoms with Crippen molar-refractivity contribution in [2.24, 2.45) is 5.73 Å². The summed E-state index contributed by atoms with van der Waals surface area (Å²) in [5.41, 5.74) is 5.70. The Kier molecular flexibility index (Phi) is 7.23. The molecule has 2 unspecified atom stereocenters. The molecule has 1 aliphatic rings. The van der Waals surface area contributed by atoms with E-state index in [2.05, 4.69) is 5.32 Å². The van der Waals surface area contributed by atoms with Gasteiger partial charge in [0.15, 0.2) is 0 Å². The summed E-state index contributed by atoms with van der Waals surface area (Å²) in [6, 6.07) is 0.207. The minimum absolute atomic E-state index is 0.0148. The number of nitrogens with two attached hydrogens (primary N) is 1. The average Bonchev–Trinajstić information content (AvgIpc) is 2.39. The molecule has 0 radical (unpaired) electrons. The van der Waals surface area contributed by atoms with Gasteiger partial charge in [-0.3, -0.25) is 4.79 Å². The molecule has 1 saturated heterocycles. The highest BCUT2D eigenvalue weighted by Crippen LogP contribution is 2.11. The molecule has 0 aromatic rings. The molecule has 0 spiro atoms. The van der Waals surface area contributed by atoms with Gasteiger partial charge in [-0.15, -0.1) is 0 Å². The fourth-order valence-corrected chi connectivity index (χ4v) is 2.37. The van der Waals surface area contributed by atoms with Crippen molar-refractivity contribution in [3.05, 3.63) is 0 Å². The van der Waals surface area contributed by atoms with Gasteiger partial charge in [-0.2, -0.15) is 0 Å². The number of aliphatic hydroxyl groups excluding tert-OH is 1. The van der Waals surface area contributed by atoms with E-state index < -0.39 is 0 Å². The highest BCUT2D eigenvalue weighted by atomic mass is 16.3. The second-order valence-electron chi connectivity index (χ2n) is 5.16. The second-order valence-corrected chi connectivity index (χ2v) is 5.16. The number of hydrogen-bond acceptors (Lipinski definition) is 4. The lowest BCUT2D eigenvalue weighted by Gasteiger charge is -2.29. The number of piperidine rings is 1. The molecule has 1 rings (SSSR count). The molecule has 2 atom stereocenters. The van der Waals surface area contributed by atoms with Crippen molar-refractivity contribution in [3.8, 4) is 0 Å². The topological polar surface area (TPSA) is 78.6 Å². The maximum atomic E-state index is 12.1. The first-order chi connectivity index (χ1) is 8.67. The van der Waals surface area contributed by atoms with Crippen LogP contribution in [0.1, 0.15) is 39.0 Å². The Morgan fingerprint density at radius 2 is 2.06 bits per heavy atom. The summed E-state index contributed by atoms with van der Waals surface area (Å²) >= 11 is 0. The predicted octanol–water partition coefficient (Wildman–Crippen LogP) is 0.0768. The molecule has 1 heterocycles. The number of carbonyl (C=O) groups is 1. The lowest BCUT2D eigenvalue weighted by molar-refractivity contribution is -0.132. The number of rotatable bonds is 7. The number of hydrogen-bond donors (Lipinski definition) is 3. The monoisotopic (exact) mass is 257 g/mol. The Hall–Kier alpha value is -0.650. The Bertz CT molecular complexity index is 242. The number of amides is 1. The fourth-order valence-electron chi connectivity index (χ4n) is 2.37. The van der Waals surface area contributed by atoms with Gasteiger partial charge in [0.2, 0.25) is 5.91 Å².